The molecule has 0 saturated heterocycles. The van der Waals surface area contributed by atoms with Gasteiger partial charge in [0.1, 0.15) is 0 Å². The highest BCUT2D eigenvalue weighted by Gasteiger charge is 2.18. The van der Waals surface area contributed by atoms with Gasteiger partial charge in [-0.05, 0) is 45.2 Å². The summed E-state index contributed by atoms with van der Waals surface area (Å²) in [6, 6.07) is 2.54. The van der Waals surface area contributed by atoms with E-state index >= 15 is 0 Å². The average Bonchev–Trinajstić information content (AvgIpc) is 2.40. The van der Waals surface area contributed by atoms with Gasteiger partial charge in [0.05, 0.1) is 6.42 Å². The molecule has 16 heavy (non-hydrogen) atoms. The number of carboxylic acid groups (broad SMARTS) is 1. The fourth-order valence-electron chi connectivity index (χ4n) is 2.47. The lowest BCUT2D eigenvalue weighted by molar-refractivity contribution is -0.137. The van der Waals surface area contributed by atoms with Crippen molar-refractivity contribution in [2.24, 2.45) is 0 Å². The van der Waals surface area contributed by atoms with Gasteiger partial charge in [-0.2, -0.15) is 0 Å². The molecule has 3 nitrogen and oxygen atoms in total. The molecule has 3 heteroatoms. The maximum atomic E-state index is 10.7. The first kappa shape index (κ1) is 12.8. The third-order valence-corrected chi connectivity index (χ3v) is 3.05. The first-order valence-corrected chi connectivity index (χ1v) is 5.74. The van der Waals surface area contributed by atoms with Crippen LogP contribution in [0.2, 0.25) is 0 Å². The maximum Gasteiger partial charge on any atom is 0.303 e. The zero-order valence-corrected chi connectivity index (χ0v) is 10.7. The van der Waals surface area contributed by atoms with Crippen LogP contribution in [0.5, 0.6) is 0 Å². The normalized spacial score (nSPS) is 13.1. The van der Waals surface area contributed by atoms with E-state index in [1.807, 2.05) is 6.92 Å². The van der Waals surface area contributed by atoms with Crippen molar-refractivity contribution in [2.45, 2.75) is 53.0 Å². The second-order valence-electron chi connectivity index (χ2n) is 4.79. The molecule has 0 saturated carbocycles. The van der Waals surface area contributed by atoms with Gasteiger partial charge >= 0.3 is 5.97 Å². The van der Waals surface area contributed by atoms with Crippen LogP contribution < -0.4 is 0 Å². The Hall–Kier alpha value is -1.25. The molecule has 0 amide bonds. The van der Waals surface area contributed by atoms with Crippen molar-refractivity contribution >= 4 is 5.97 Å². The van der Waals surface area contributed by atoms with Gasteiger partial charge in [-0.15, -0.1) is 0 Å². The number of aryl methyl sites for hydroxylation is 1. The van der Waals surface area contributed by atoms with Crippen molar-refractivity contribution < 1.29 is 9.90 Å². The van der Waals surface area contributed by atoms with Gasteiger partial charge in [-0.3, -0.25) is 4.79 Å². The Morgan fingerprint density at radius 3 is 2.31 bits per heavy atom. The Kier molecular flexibility index (Phi) is 3.79. The Balaban J connectivity index is 3.07. The second-order valence-corrected chi connectivity index (χ2v) is 4.79. The minimum absolute atomic E-state index is 0.0798. The highest BCUT2D eigenvalue weighted by molar-refractivity contribution is 5.68. The van der Waals surface area contributed by atoms with Crippen LogP contribution in [-0.4, -0.2) is 15.6 Å². The van der Waals surface area contributed by atoms with Crippen molar-refractivity contribution in [2.75, 3.05) is 0 Å². The van der Waals surface area contributed by atoms with Crippen LogP contribution in [-0.2, 0) is 4.79 Å². The third kappa shape index (κ3) is 2.46. The lowest BCUT2D eigenvalue weighted by Gasteiger charge is -2.15. The van der Waals surface area contributed by atoms with Crippen LogP contribution in [0, 0.1) is 13.8 Å². The first-order chi connectivity index (χ1) is 7.34. The molecule has 1 aromatic heterocycles. The summed E-state index contributed by atoms with van der Waals surface area (Å²) in [7, 11) is 0. The monoisotopic (exact) mass is 223 g/mol. The molecule has 0 aromatic carbocycles. The van der Waals surface area contributed by atoms with Crippen molar-refractivity contribution in [3.8, 4) is 0 Å². The van der Waals surface area contributed by atoms with Gasteiger partial charge in [-0.1, -0.05) is 6.92 Å². The number of aromatic nitrogens is 1. The summed E-state index contributed by atoms with van der Waals surface area (Å²) < 4.78 is 2.26. The molecule has 1 rings (SSSR count). The van der Waals surface area contributed by atoms with Gasteiger partial charge in [0.2, 0.25) is 0 Å². The number of nitrogens with zero attached hydrogens (tertiary/aromatic N) is 1. The van der Waals surface area contributed by atoms with Gasteiger partial charge in [0, 0.05) is 17.4 Å². The van der Waals surface area contributed by atoms with E-state index in [0.29, 0.717) is 6.04 Å². The van der Waals surface area contributed by atoms with E-state index in [-0.39, 0.29) is 12.3 Å². The van der Waals surface area contributed by atoms with Crippen LogP contribution in [0.4, 0.5) is 0 Å². The largest absolute Gasteiger partial charge is 0.481 e. The van der Waals surface area contributed by atoms with E-state index in [1.165, 1.54) is 11.4 Å². The van der Waals surface area contributed by atoms with Crippen LogP contribution in [0.3, 0.4) is 0 Å². The standard InChI is InChI=1S/C13H21NO2/c1-8(2)14-10(4)7-12(11(14)5)9(3)6-13(15)16/h7-9H,6H2,1-5H3,(H,15,16). The number of hydrogen-bond acceptors (Lipinski definition) is 1. The molecule has 0 fully saturated rings. The fourth-order valence-corrected chi connectivity index (χ4v) is 2.47. The van der Waals surface area contributed by atoms with Crippen LogP contribution in [0.15, 0.2) is 6.07 Å². The molecule has 0 radical (unpaired) electrons. The highest BCUT2D eigenvalue weighted by atomic mass is 16.4. The predicted octanol–water partition coefficient (Wildman–Crippen LogP) is 3.26. The Morgan fingerprint density at radius 1 is 1.38 bits per heavy atom. The molecule has 1 atom stereocenters. The maximum absolute atomic E-state index is 10.7. The van der Waals surface area contributed by atoms with E-state index < -0.39 is 5.97 Å². The number of rotatable bonds is 4. The van der Waals surface area contributed by atoms with Gasteiger partial charge in [0.25, 0.3) is 0 Å². The van der Waals surface area contributed by atoms with Gasteiger partial charge < -0.3 is 9.67 Å². The highest BCUT2D eigenvalue weighted by Crippen LogP contribution is 2.28. The summed E-state index contributed by atoms with van der Waals surface area (Å²) in [6.07, 6.45) is 0.197. The van der Waals surface area contributed by atoms with Gasteiger partial charge in [-0.25, -0.2) is 0 Å². The lowest BCUT2D eigenvalue weighted by atomic mass is 9.98. The van der Waals surface area contributed by atoms with Crippen LogP contribution in [0.1, 0.15) is 56.1 Å². The van der Waals surface area contributed by atoms with Crippen molar-refractivity contribution in [1.29, 1.82) is 0 Å². The minimum atomic E-state index is -0.734. The molecule has 90 valence electrons. The Morgan fingerprint density at radius 2 is 1.94 bits per heavy atom. The average molecular weight is 223 g/mol. The third-order valence-electron chi connectivity index (χ3n) is 3.05. The topological polar surface area (TPSA) is 42.2 Å². The molecule has 1 unspecified atom stereocenters. The number of carbonyl (C=O) groups is 1. The van der Waals surface area contributed by atoms with Crippen LogP contribution >= 0.6 is 0 Å². The quantitative estimate of drug-likeness (QED) is 0.851. The Labute approximate surface area is 97.1 Å². The predicted molar refractivity (Wildman–Crippen MR) is 65.0 cm³/mol. The Bertz CT molecular complexity index is 391. The summed E-state index contributed by atoms with van der Waals surface area (Å²) in [5, 5.41) is 8.81. The molecule has 0 aliphatic carbocycles. The van der Waals surface area contributed by atoms with Gasteiger partial charge in [0.15, 0.2) is 0 Å². The SMILES string of the molecule is Cc1cc(C(C)CC(=O)O)c(C)n1C(C)C. The fraction of sp³-hybridized carbons (Fsp3) is 0.615. The molecule has 0 aliphatic rings. The van der Waals surface area contributed by atoms with E-state index in [9.17, 15) is 4.79 Å². The lowest BCUT2D eigenvalue weighted by Crippen LogP contribution is -2.07. The first-order valence-electron chi connectivity index (χ1n) is 5.74. The summed E-state index contributed by atoms with van der Waals surface area (Å²) in [4.78, 5) is 10.7. The molecular weight excluding hydrogens is 202 g/mol. The summed E-state index contributed by atoms with van der Waals surface area (Å²) in [5.41, 5.74) is 3.56. The summed E-state index contributed by atoms with van der Waals surface area (Å²) >= 11 is 0. The number of aliphatic carboxylic acids is 1. The van der Waals surface area contributed by atoms with Crippen molar-refractivity contribution in [3.63, 3.8) is 0 Å². The number of hydrogen-bond donors (Lipinski definition) is 1. The van der Waals surface area contributed by atoms with Crippen molar-refractivity contribution in [3.05, 3.63) is 23.0 Å². The molecule has 1 heterocycles. The van der Waals surface area contributed by atoms with Crippen LogP contribution in [0.25, 0.3) is 0 Å². The minimum Gasteiger partial charge on any atom is -0.481 e. The zero-order chi connectivity index (χ0) is 12.5. The molecule has 0 bridgehead atoms. The molecule has 0 aliphatic heterocycles. The molecule has 1 aromatic rings. The summed E-state index contributed by atoms with van der Waals surface area (Å²) in [6.45, 7) is 10.4. The molecule has 0 spiro atoms. The van der Waals surface area contributed by atoms with Crippen molar-refractivity contribution in [1.82, 2.24) is 4.57 Å². The second kappa shape index (κ2) is 4.73. The van der Waals surface area contributed by atoms with E-state index in [0.717, 1.165) is 5.56 Å². The molecule has 1 N–H and O–H groups in total. The smallest absolute Gasteiger partial charge is 0.303 e. The van der Waals surface area contributed by atoms with E-state index in [1.54, 1.807) is 0 Å². The summed E-state index contributed by atoms with van der Waals surface area (Å²) in [5.74, 6) is -0.655. The van der Waals surface area contributed by atoms with E-state index in [4.69, 9.17) is 5.11 Å². The molecular formula is C13H21NO2. The number of carboxylic acids is 1. The van der Waals surface area contributed by atoms with E-state index in [2.05, 4.69) is 38.3 Å². The zero-order valence-electron chi connectivity index (χ0n) is 10.7.